The summed E-state index contributed by atoms with van der Waals surface area (Å²) in [7, 11) is -5.78. The van der Waals surface area contributed by atoms with Crippen LogP contribution in [0.1, 0.15) is 16.7 Å². The topological polar surface area (TPSA) is 36.1 Å². The predicted molar refractivity (Wildman–Crippen MR) is 168 cm³/mol. The van der Waals surface area contributed by atoms with E-state index in [1.165, 1.54) is 33.8 Å². The molecule has 0 saturated heterocycles. The third-order valence-electron chi connectivity index (χ3n) is 8.28. The number of rotatable bonds is 9. The van der Waals surface area contributed by atoms with E-state index in [-0.39, 0.29) is 0 Å². The number of nitrogens with one attached hydrogen (secondary N) is 3. The Bertz CT molecular complexity index is 978. The molecule has 3 aromatic rings. The quantitative estimate of drug-likeness (QED) is 0.242. The van der Waals surface area contributed by atoms with E-state index in [0.717, 1.165) is 0 Å². The summed E-state index contributed by atoms with van der Waals surface area (Å²) < 4.78 is 0. The van der Waals surface area contributed by atoms with Crippen LogP contribution in [0.4, 0.5) is 17.1 Å². The largest absolute Gasteiger partial charge is 0.413 e. The highest BCUT2D eigenvalue weighted by atomic mass is 29.9. The first-order valence-corrected chi connectivity index (χ1v) is 27.2. The molecule has 3 aromatic carbocycles. The highest BCUT2D eigenvalue weighted by Gasteiger charge is 2.66. The zero-order valence-electron chi connectivity index (χ0n) is 23.4. The van der Waals surface area contributed by atoms with Gasteiger partial charge in [0.25, 0.3) is 0 Å². The van der Waals surface area contributed by atoms with Crippen LogP contribution in [-0.4, -0.2) is 29.9 Å². The van der Waals surface area contributed by atoms with Gasteiger partial charge in [-0.1, -0.05) is 98.9 Å². The summed E-state index contributed by atoms with van der Waals surface area (Å²) >= 11 is 0. The summed E-state index contributed by atoms with van der Waals surface area (Å²) in [4.78, 5) is 12.5. The summed E-state index contributed by atoms with van der Waals surface area (Å²) in [5.41, 5.74) is 7.73. The van der Waals surface area contributed by atoms with Crippen LogP contribution in [0.25, 0.3) is 0 Å². The van der Waals surface area contributed by atoms with Gasteiger partial charge in [0, 0.05) is 17.1 Å². The van der Waals surface area contributed by atoms with Gasteiger partial charge in [0.2, 0.25) is 0 Å². The van der Waals surface area contributed by atoms with Crippen LogP contribution in [0, 0.1) is 20.8 Å². The molecule has 0 bridgehead atoms. The van der Waals surface area contributed by atoms with E-state index < -0.39 is 29.9 Å². The Balaban J connectivity index is 2.08. The number of benzene rings is 3. The van der Waals surface area contributed by atoms with Crippen LogP contribution < -0.4 is 14.9 Å². The van der Waals surface area contributed by atoms with Crippen molar-refractivity contribution in [2.75, 3.05) is 14.9 Å². The molecule has 0 aliphatic rings. The fraction of sp³-hybridized carbons (Fsp3) is 0.357. The van der Waals surface area contributed by atoms with Gasteiger partial charge in [-0.05, 0) is 57.2 Å². The Morgan fingerprint density at radius 2 is 0.571 bits per heavy atom. The van der Waals surface area contributed by atoms with Crippen LogP contribution in [0.5, 0.6) is 0 Å². The standard InChI is InChI=1S/C28H45N3Si4/c1-23-11-17-26(18-12-23)29-32(4,5)35(10,33(6,7)30-27-19-13-24(2)14-20-27)34(8,9)31-28-21-15-25(3)16-22-28/h11-22,29-31H,1-10H3. The number of hydrogen-bond acceptors (Lipinski definition) is 3. The third-order valence-corrected chi connectivity index (χ3v) is 75.9. The molecule has 0 spiro atoms. The van der Waals surface area contributed by atoms with Gasteiger partial charge in [-0.15, -0.1) is 0 Å². The van der Waals surface area contributed by atoms with Gasteiger partial charge in [-0.25, -0.2) is 0 Å². The van der Waals surface area contributed by atoms with E-state index in [2.05, 4.69) is 154 Å². The molecule has 0 aliphatic carbocycles. The average Bonchev–Trinajstić information content (AvgIpc) is 2.77. The molecule has 0 radical (unpaired) electrons. The van der Waals surface area contributed by atoms with Crippen molar-refractivity contribution in [2.45, 2.75) is 66.6 Å². The molecule has 7 heteroatoms. The molecule has 3 rings (SSSR count). The zero-order valence-corrected chi connectivity index (χ0v) is 27.4. The lowest BCUT2D eigenvalue weighted by Crippen LogP contribution is -2.89. The summed E-state index contributed by atoms with van der Waals surface area (Å²) in [5, 5.41) is 0. The Morgan fingerprint density at radius 3 is 0.771 bits per heavy atom. The Labute approximate surface area is 217 Å². The first-order valence-electron chi connectivity index (χ1n) is 12.7. The van der Waals surface area contributed by atoms with Gasteiger partial charge in [0.15, 0.2) is 0 Å². The molecule has 0 atom stereocenters. The van der Waals surface area contributed by atoms with Crippen LogP contribution in [-0.2, 0) is 0 Å². The molecule has 0 aliphatic heterocycles. The van der Waals surface area contributed by atoms with E-state index in [1.807, 2.05) is 0 Å². The lowest BCUT2D eigenvalue weighted by atomic mass is 10.2. The first-order chi connectivity index (χ1) is 16.2. The summed E-state index contributed by atoms with van der Waals surface area (Å²) in [6, 6.07) is 27.0. The lowest BCUT2D eigenvalue weighted by Gasteiger charge is -2.57. The Kier molecular flexibility index (Phi) is 7.96. The second-order valence-corrected chi connectivity index (χ2v) is 49.5. The monoisotopic (exact) mass is 535 g/mol. The van der Waals surface area contributed by atoms with E-state index in [1.54, 1.807) is 0 Å². The number of aryl methyl sites for hydroxylation is 3. The van der Waals surface area contributed by atoms with Crippen molar-refractivity contribution >= 4 is 46.9 Å². The Morgan fingerprint density at radius 1 is 0.371 bits per heavy atom. The predicted octanol–water partition coefficient (Wildman–Crippen LogP) is 8.18. The molecule has 35 heavy (non-hydrogen) atoms. The number of hydrogen-bond donors (Lipinski definition) is 3. The number of anilines is 3. The molecule has 0 fully saturated rings. The van der Waals surface area contributed by atoms with Gasteiger partial charge >= 0.3 is 0 Å². The van der Waals surface area contributed by atoms with Crippen molar-refractivity contribution in [2.24, 2.45) is 0 Å². The van der Waals surface area contributed by atoms with Gasteiger partial charge in [0.1, 0.15) is 29.9 Å². The minimum atomic E-state index is -1.94. The molecule has 0 aromatic heterocycles. The molecular weight excluding hydrogens is 491 g/mol. The maximum atomic E-state index is 4.18. The summed E-state index contributed by atoms with van der Waals surface area (Å²) in [5.74, 6) is 0. The van der Waals surface area contributed by atoms with Gasteiger partial charge in [-0.3, -0.25) is 0 Å². The van der Waals surface area contributed by atoms with E-state index >= 15 is 0 Å². The van der Waals surface area contributed by atoms with Crippen LogP contribution in [0.3, 0.4) is 0 Å². The molecule has 188 valence electrons. The maximum Gasteiger partial charge on any atom is 0.135 e. The molecule has 0 unspecified atom stereocenters. The smallest absolute Gasteiger partial charge is 0.135 e. The molecule has 0 heterocycles. The molecule has 0 saturated carbocycles. The minimum absolute atomic E-state index is 1.27. The first kappa shape index (κ1) is 27.5. The van der Waals surface area contributed by atoms with Gasteiger partial charge in [-0.2, -0.15) is 0 Å². The zero-order chi connectivity index (χ0) is 26.1. The fourth-order valence-electron chi connectivity index (χ4n) is 5.71. The van der Waals surface area contributed by atoms with Crippen LogP contribution >= 0.6 is 0 Å². The Hall–Kier alpha value is -2.07. The van der Waals surface area contributed by atoms with E-state index in [0.29, 0.717) is 0 Å². The van der Waals surface area contributed by atoms with E-state index in [4.69, 9.17) is 0 Å². The van der Waals surface area contributed by atoms with Crippen LogP contribution in [0.2, 0.25) is 45.8 Å². The van der Waals surface area contributed by atoms with E-state index in [9.17, 15) is 0 Å². The second-order valence-electron chi connectivity index (χ2n) is 12.0. The molecular formula is C28H45N3Si4. The van der Waals surface area contributed by atoms with Crippen molar-refractivity contribution in [3.8, 4) is 0 Å². The van der Waals surface area contributed by atoms with Crippen molar-refractivity contribution in [3.63, 3.8) is 0 Å². The van der Waals surface area contributed by atoms with Gasteiger partial charge in [0.05, 0.1) is 0 Å². The lowest BCUT2D eigenvalue weighted by molar-refractivity contribution is 1.46. The second kappa shape index (κ2) is 10.1. The summed E-state index contributed by atoms with van der Waals surface area (Å²) in [6.45, 7) is 22.8. The van der Waals surface area contributed by atoms with Crippen LogP contribution in [0.15, 0.2) is 72.8 Å². The SMILES string of the molecule is Cc1ccc(N[Si](C)(C)[Si](C)([Si](C)(C)Nc2ccc(C)cc2)[Si](C)(C)Nc2ccc(C)cc2)cc1. The van der Waals surface area contributed by atoms with Crippen molar-refractivity contribution < 1.29 is 0 Å². The average molecular weight is 536 g/mol. The minimum Gasteiger partial charge on any atom is -0.413 e. The fourth-order valence-corrected chi connectivity index (χ4v) is 77.0. The molecule has 3 nitrogen and oxygen atoms in total. The maximum absolute atomic E-state index is 4.18. The highest BCUT2D eigenvalue weighted by molar-refractivity contribution is 7.90. The van der Waals surface area contributed by atoms with Gasteiger partial charge < -0.3 is 14.9 Å². The summed E-state index contributed by atoms with van der Waals surface area (Å²) in [6.07, 6.45) is 0. The van der Waals surface area contributed by atoms with Crippen molar-refractivity contribution in [1.82, 2.24) is 0 Å². The molecule has 0 amide bonds. The van der Waals surface area contributed by atoms with Crippen molar-refractivity contribution in [3.05, 3.63) is 89.5 Å². The van der Waals surface area contributed by atoms with Crippen molar-refractivity contribution in [1.29, 1.82) is 0 Å². The molecule has 3 N–H and O–H groups in total. The third kappa shape index (κ3) is 5.85. The normalized spacial score (nSPS) is 12.9. The highest BCUT2D eigenvalue weighted by Crippen LogP contribution is 2.38.